The van der Waals surface area contributed by atoms with Crippen molar-refractivity contribution in [2.45, 2.75) is 44.1 Å². The topological polar surface area (TPSA) is 46.5 Å². The molecule has 2 heterocycles. The van der Waals surface area contributed by atoms with Crippen molar-refractivity contribution in [3.05, 3.63) is 0 Å². The molecular weight excluding hydrogens is 236 g/mol. The molecule has 1 atom stereocenters. The highest BCUT2D eigenvalue weighted by Crippen LogP contribution is 2.40. The number of aliphatic hydroxyl groups excluding tert-OH is 1. The Hall–Kier alpha value is -0.0600. The smallest absolute Gasteiger partial charge is 0.136 e. The van der Waals surface area contributed by atoms with Crippen molar-refractivity contribution in [1.82, 2.24) is 0 Å². The van der Waals surface area contributed by atoms with Gasteiger partial charge in [0.2, 0.25) is 0 Å². The Morgan fingerprint density at radius 1 is 1.41 bits per heavy atom. The van der Waals surface area contributed by atoms with Crippen molar-refractivity contribution in [2.75, 3.05) is 24.7 Å². The zero-order valence-corrected chi connectivity index (χ0v) is 11.1. The fourth-order valence-corrected chi connectivity index (χ4v) is 4.09. The van der Waals surface area contributed by atoms with Crippen LogP contribution in [0.2, 0.25) is 0 Å². The van der Waals surface area contributed by atoms with Gasteiger partial charge < -0.3 is 9.84 Å². The van der Waals surface area contributed by atoms with Gasteiger partial charge in [-0.2, -0.15) is 11.8 Å². The third-order valence-electron chi connectivity index (χ3n) is 3.93. The Bertz CT molecular complexity index is 256. The lowest BCUT2D eigenvalue weighted by molar-refractivity contribution is -0.138. The van der Waals surface area contributed by atoms with Crippen molar-refractivity contribution in [1.29, 1.82) is 0 Å². The SMILES string of the molecule is O=C(CCCO)C1CCOC2(CCSCC2)C1. The lowest BCUT2D eigenvalue weighted by Crippen LogP contribution is -2.44. The van der Waals surface area contributed by atoms with E-state index in [0.29, 0.717) is 18.6 Å². The largest absolute Gasteiger partial charge is 0.396 e. The van der Waals surface area contributed by atoms with E-state index in [1.165, 1.54) is 0 Å². The van der Waals surface area contributed by atoms with Crippen LogP contribution in [0, 0.1) is 5.92 Å². The second kappa shape index (κ2) is 6.21. The molecule has 1 N–H and O–H groups in total. The monoisotopic (exact) mass is 258 g/mol. The number of ether oxygens (including phenoxy) is 1. The zero-order chi connectivity index (χ0) is 12.1. The number of carbonyl (C=O) groups is 1. The lowest BCUT2D eigenvalue weighted by Gasteiger charge is -2.43. The molecule has 0 saturated carbocycles. The van der Waals surface area contributed by atoms with Crippen molar-refractivity contribution in [2.24, 2.45) is 5.92 Å². The Morgan fingerprint density at radius 2 is 2.18 bits per heavy atom. The van der Waals surface area contributed by atoms with Gasteiger partial charge in [-0.05, 0) is 43.6 Å². The van der Waals surface area contributed by atoms with Crippen LogP contribution in [0.5, 0.6) is 0 Å². The molecular formula is C13H22O3S. The number of hydrogen-bond donors (Lipinski definition) is 1. The molecule has 98 valence electrons. The van der Waals surface area contributed by atoms with Crippen molar-refractivity contribution >= 4 is 17.5 Å². The van der Waals surface area contributed by atoms with Gasteiger partial charge in [0.1, 0.15) is 5.78 Å². The Morgan fingerprint density at radius 3 is 2.88 bits per heavy atom. The summed E-state index contributed by atoms with van der Waals surface area (Å²) >= 11 is 1.99. The first kappa shape index (κ1) is 13.4. The number of rotatable bonds is 4. The molecule has 0 bridgehead atoms. The van der Waals surface area contributed by atoms with E-state index in [1.807, 2.05) is 11.8 Å². The third-order valence-corrected chi connectivity index (χ3v) is 4.92. The van der Waals surface area contributed by atoms with E-state index in [-0.39, 0.29) is 18.1 Å². The van der Waals surface area contributed by atoms with Gasteiger partial charge in [0, 0.05) is 25.6 Å². The predicted octanol–water partition coefficient (Wildman–Crippen LogP) is 2.02. The van der Waals surface area contributed by atoms with E-state index < -0.39 is 0 Å². The summed E-state index contributed by atoms with van der Waals surface area (Å²) in [6.45, 7) is 0.858. The van der Waals surface area contributed by atoms with Crippen LogP contribution in [0.25, 0.3) is 0 Å². The summed E-state index contributed by atoms with van der Waals surface area (Å²) < 4.78 is 5.98. The molecule has 1 unspecified atom stereocenters. The second-order valence-electron chi connectivity index (χ2n) is 5.13. The van der Waals surface area contributed by atoms with E-state index in [9.17, 15) is 4.79 Å². The van der Waals surface area contributed by atoms with Gasteiger partial charge in [0.05, 0.1) is 5.60 Å². The molecule has 3 nitrogen and oxygen atoms in total. The highest BCUT2D eigenvalue weighted by atomic mass is 32.2. The summed E-state index contributed by atoms with van der Waals surface area (Å²) in [6, 6.07) is 0. The second-order valence-corrected chi connectivity index (χ2v) is 6.35. The average molecular weight is 258 g/mol. The lowest BCUT2D eigenvalue weighted by atomic mass is 9.79. The number of ketones is 1. The Kier molecular flexibility index (Phi) is 4.88. The average Bonchev–Trinajstić information content (AvgIpc) is 2.37. The van der Waals surface area contributed by atoms with Gasteiger partial charge in [-0.1, -0.05) is 0 Å². The minimum atomic E-state index is 0.00302. The maximum atomic E-state index is 12.0. The van der Waals surface area contributed by atoms with Crippen LogP contribution < -0.4 is 0 Å². The van der Waals surface area contributed by atoms with Crippen LogP contribution in [0.15, 0.2) is 0 Å². The fourth-order valence-electron chi connectivity index (χ4n) is 2.85. The molecule has 0 radical (unpaired) electrons. The molecule has 0 aliphatic carbocycles. The maximum Gasteiger partial charge on any atom is 0.136 e. The van der Waals surface area contributed by atoms with E-state index in [2.05, 4.69) is 0 Å². The first-order valence-corrected chi connectivity index (χ1v) is 7.76. The molecule has 0 amide bonds. The normalized spacial score (nSPS) is 28.2. The summed E-state index contributed by atoms with van der Waals surface area (Å²) in [5, 5.41) is 8.78. The summed E-state index contributed by atoms with van der Waals surface area (Å²) in [5.74, 6) is 2.84. The quantitative estimate of drug-likeness (QED) is 0.838. The number of carbonyl (C=O) groups excluding carboxylic acids is 1. The van der Waals surface area contributed by atoms with Gasteiger partial charge in [-0.15, -0.1) is 0 Å². The summed E-state index contributed by atoms with van der Waals surface area (Å²) in [4.78, 5) is 12.0. The maximum absolute atomic E-state index is 12.0. The van der Waals surface area contributed by atoms with Gasteiger partial charge in [0.25, 0.3) is 0 Å². The highest BCUT2D eigenvalue weighted by molar-refractivity contribution is 7.99. The first-order chi connectivity index (χ1) is 8.26. The van der Waals surface area contributed by atoms with Crippen LogP contribution in [-0.2, 0) is 9.53 Å². The van der Waals surface area contributed by atoms with Gasteiger partial charge >= 0.3 is 0 Å². The molecule has 2 fully saturated rings. The molecule has 4 heteroatoms. The molecule has 2 saturated heterocycles. The van der Waals surface area contributed by atoms with Crippen molar-refractivity contribution < 1.29 is 14.6 Å². The van der Waals surface area contributed by atoms with Crippen LogP contribution in [-0.4, -0.2) is 41.2 Å². The number of hydrogen-bond acceptors (Lipinski definition) is 4. The predicted molar refractivity (Wildman–Crippen MR) is 69.3 cm³/mol. The molecule has 2 aliphatic rings. The molecule has 2 aliphatic heterocycles. The van der Waals surface area contributed by atoms with Crippen LogP contribution >= 0.6 is 11.8 Å². The number of thioether (sulfide) groups is 1. The summed E-state index contributed by atoms with van der Waals surface area (Å²) in [6.07, 6.45) is 5.13. The zero-order valence-electron chi connectivity index (χ0n) is 10.3. The fraction of sp³-hybridized carbons (Fsp3) is 0.923. The standard InChI is InChI=1S/C13H22O3S/c14-6-1-2-12(15)11-3-7-16-13(10-11)4-8-17-9-5-13/h11,14H,1-10H2. The summed E-state index contributed by atoms with van der Waals surface area (Å²) in [7, 11) is 0. The van der Waals surface area contributed by atoms with Crippen LogP contribution in [0.1, 0.15) is 38.5 Å². The van der Waals surface area contributed by atoms with Crippen molar-refractivity contribution in [3.8, 4) is 0 Å². The molecule has 17 heavy (non-hydrogen) atoms. The minimum Gasteiger partial charge on any atom is -0.396 e. The van der Waals surface area contributed by atoms with E-state index in [0.717, 1.165) is 43.8 Å². The molecule has 0 aromatic heterocycles. The molecule has 0 aromatic rings. The third kappa shape index (κ3) is 3.46. The number of Topliss-reactive ketones (excluding diaryl/α,β-unsaturated/α-hetero) is 1. The molecule has 2 rings (SSSR count). The first-order valence-electron chi connectivity index (χ1n) is 6.61. The Labute approximate surface area is 107 Å². The van der Waals surface area contributed by atoms with Crippen molar-refractivity contribution in [3.63, 3.8) is 0 Å². The van der Waals surface area contributed by atoms with Crippen LogP contribution in [0.4, 0.5) is 0 Å². The highest BCUT2D eigenvalue weighted by Gasteiger charge is 2.40. The van der Waals surface area contributed by atoms with Gasteiger partial charge in [-0.3, -0.25) is 4.79 Å². The number of aliphatic hydroxyl groups is 1. The molecule has 1 spiro atoms. The van der Waals surface area contributed by atoms with E-state index in [1.54, 1.807) is 0 Å². The van der Waals surface area contributed by atoms with E-state index in [4.69, 9.17) is 9.84 Å². The van der Waals surface area contributed by atoms with Gasteiger partial charge in [-0.25, -0.2) is 0 Å². The molecule has 0 aromatic carbocycles. The van der Waals surface area contributed by atoms with E-state index >= 15 is 0 Å². The summed E-state index contributed by atoms with van der Waals surface area (Å²) in [5.41, 5.74) is 0.00302. The minimum absolute atomic E-state index is 0.00302. The van der Waals surface area contributed by atoms with Gasteiger partial charge in [0.15, 0.2) is 0 Å². The Balaban J connectivity index is 1.89. The van der Waals surface area contributed by atoms with Crippen LogP contribution in [0.3, 0.4) is 0 Å².